The molecule has 1 N–H and O–H groups in total. The summed E-state index contributed by atoms with van der Waals surface area (Å²) in [7, 11) is -3.39. The third-order valence-electron chi connectivity index (χ3n) is 3.59. The molecule has 0 saturated carbocycles. The monoisotopic (exact) mass is 380 g/mol. The lowest BCUT2D eigenvalue weighted by Crippen LogP contribution is -2.46. The van der Waals surface area contributed by atoms with E-state index >= 15 is 0 Å². The van der Waals surface area contributed by atoms with Crippen molar-refractivity contribution in [2.24, 2.45) is 0 Å². The predicted molar refractivity (Wildman–Crippen MR) is 86.8 cm³/mol. The van der Waals surface area contributed by atoms with Crippen molar-refractivity contribution in [3.8, 4) is 0 Å². The van der Waals surface area contributed by atoms with Gasteiger partial charge in [0.15, 0.2) is 0 Å². The Labute approximate surface area is 133 Å². The number of piperidine rings is 1. The highest BCUT2D eigenvalue weighted by atomic mass is 79.9. The number of rotatable bonds is 5. The number of aryl methyl sites for hydroxylation is 1. The van der Waals surface area contributed by atoms with E-state index in [9.17, 15) is 8.42 Å². The van der Waals surface area contributed by atoms with Gasteiger partial charge in [-0.15, -0.1) is 11.3 Å². The lowest BCUT2D eigenvalue weighted by molar-refractivity contribution is 0.262. The fourth-order valence-electron chi connectivity index (χ4n) is 2.63. The van der Waals surface area contributed by atoms with Gasteiger partial charge in [0, 0.05) is 17.5 Å². The largest absolute Gasteiger partial charge is 0.317 e. The van der Waals surface area contributed by atoms with Crippen LogP contribution in [0.1, 0.15) is 31.1 Å². The zero-order valence-corrected chi connectivity index (χ0v) is 15.1. The maximum Gasteiger partial charge on any atom is 0.244 e. The van der Waals surface area contributed by atoms with Gasteiger partial charge in [-0.25, -0.2) is 8.42 Å². The molecular weight excluding hydrogens is 360 g/mol. The van der Waals surface area contributed by atoms with Gasteiger partial charge in [0.1, 0.15) is 0 Å². The van der Waals surface area contributed by atoms with Gasteiger partial charge in [0.25, 0.3) is 0 Å². The van der Waals surface area contributed by atoms with E-state index in [0.717, 1.165) is 41.0 Å². The summed E-state index contributed by atoms with van der Waals surface area (Å²) >= 11 is 4.86. The van der Waals surface area contributed by atoms with Crippen LogP contribution < -0.4 is 5.32 Å². The van der Waals surface area contributed by atoms with Crippen LogP contribution in [0.5, 0.6) is 0 Å². The molecule has 0 aromatic carbocycles. The SMILES string of the molecule is CCCN(C1CCNCC1)S(=O)(=O)c1cc(Br)sc1C. The zero-order valence-electron chi connectivity index (χ0n) is 11.9. The van der Waals surface area contributed by atoms with Crippen LogP contribution in [-0.4, -0.2) is 38.4 Å². The molecule has 1 aliphatic heterocycles. The molecule has 0 spiro atoms. The molecule has 0 atom stereocenters. The molecule has 114 valence electrons. The average molecular weight is 381 g/mol. The molecule has 0 bridgehead atoms. The quantitative estimate of drug-likeness (QED) is 0.853. The summed E-state index contributed by atoms with van der Waals surface area (Å²) in [6.45, 7) is 6.29. The molecule has 20 heavy (non-hydrogen) atoms. The van der Waals surface area contributed by atoms with Crippen molar-refractivity contribution in [2.75, 3.05) is 19.6 Å². The molecule has 2 heterocycles. The Kier molecular flexibility index (Phi) is 5.64. The maximum absolute atomic E-state index is 12.9. The molecule has 7 heteroatoms. The summed E-state index contributed by atoms with van der Waals surface area (Å²) in [4.78, 5) is 1.31. The lowest BCUT2D eigenvalue weighted by Gasteiger charge is -2.33. The Hall–Kier alpha value is 0.0500. The van der Waals surface area contributed by atoms with E-state index in [1.54, 1.807) is 10.4 Å². The summed E-state index contributed by atoms with van der Waals surface area (Å²) in [6.07, 6.45) is 2.63. The number of hydrogen-bond donors (Lipinski definition) is 1. The van der Waals surface area contributed by atoms with Gasteiger partial charge in [-0.2, -0.15) is 4.31 Å². The second-order valence-corrected chi connectivity index (χ2v) is 9.56. The molecule has 1 aromatic heterocycles. The third kappa shape index (κ3) is 3.44. The van der Waals surface area contributed by atoms with Crippen molar-refractivity contribution < 1.29 is 8.42 Å². The summed E-state index contributed by atoms with van der Waals surface area (Å²) in [5, 5.41) is 3.29. The number of nitrogens with one attached hydrogen (secondary N) is 1. The van der Waals surface area contributed by atoms with Gasteiger partial charge < -0.3 is 5.32 Å². The van der Waals surface area contributed by atoms with Crippen LogP contribution in [0, 0.1) is 6.92 Å². The zero-order chi connectivity index (χ0) is 14.8. The van der Waals surface area contributed by atoms with Crippen LogP contribution in [0.25, 0.3) is 0 Å². The molecule has 1 aromatic rings. The van der Waals surface area contributed by atoms with Crippen LogP contribution in [0.4, 0.5) is 0 Å². The van der Waals surface area contributed by atoms with E-state index < -0.39 is 10.0 Å². The lowest BCUT2D eigenvalue weighted by atomic mass is 10.1. The molecule has 0 radical (unpaired) electrons. The number of thiophene rings is 1. The highest BCUT2D eigenvalue weighted by molar-refractivity contribution is 9.11. The van der Waals surface area contributed by atoms with Crippen molar-refractivity contribution in [1.82, 2.24) is 9.62 Å². The maximum atomic E-state index is 12.9. The smallest absolute Gasteiger partial charge is 0.244 e. The molecular formula is C13H21BrN2O2S2. The van der Waals surface area contributed by atoms with Crippen LogP contribution in [0.3, 0.4) is 0 Å². The van der Waals surface area contributed by atoms with Gasteiger partial charge in [0.05, 0.1) is 8.68 Å². The summed E-state index contributed by atoms with van der Waals surface area (Å²) in [5.74, 6) is 0. The first-order valence-electron chi connectivity index (χ1n) is 6.95. The topological polar surface area (TPSA) is 49.4 Å². The second kappa shape index (κ2) is 6.87. The van der Waals surface area contributed by atoms with Crippen molar-refractivity contribution >= 4 is 37.3 Å². The highest BCUT2D eigenvalue weighted by Gasteiger charge is 2.33. The Morgan fingerprint density at radius 2 is 2.10 bits per heavy atom. The van der Waals surface area contributed by atoms with Gasteiger partial charge in [-0.05, 0) is 61.3 Å². The van der Waals surface area contributed by atoms with Crippen LogP contribution in [0.15, 0.2) is 14.7 Å². The van der Waals surface area contributed by atoms with Crippen molar-refractivity contribution in [3.05, 3.63) is 14.7 Å². The van der Waals surface area contributed by atoms with Crippen LogP contribution in [0.2, 0.25) is 0 Å². The van der Waals surface area contributed by atoms with Crippen molar-refractivity contribution in [3.63, 3.8) is 0 Å². The first-order valence-corrected chi connectivity index (χ1v) is 10.00. The van der Waals surface area contributed by atoms with Gasteiger partial charge >= 0.3 is 0 Å². The number of hydrogen-bond acceptors (Lipinski definition) is 4. The summed E-state index contributed by atoms with van der Waals surface area (Å²) < 4.78 is 28.5. The highest BCUT2D eigenvalue weighted by Crippen LogP contribution is 2.33. The number of halogens is 1. The standard InChI is InChI=1S/C13H21BrN2O2S2/c1-3-8-16(11-4-6-15-7-5-11)20(17,18)12-9-13(14)19-10(12)2/h9,11,15H,3-8H2,1-2H3. The van der Waals surface area contributed by atoms with E-state index in [0.29, 0.717) is 11.4 Å². The van der Waals surface area contributed by atoms with Crippen LogP contribution in [-0.2, 0) is 10.0 Å². The molecule has 4 nitrogen and oxygen atoms in total. The second-order valence-electron chi connectivity index (χ2n) is 5.07. The van der Waals surface area contributed by atoms with Crippen LogP contribution >= 0.6 is 27.3 Å². The summed E-state index contributed by atoms with van der Waals surface area (Å²) in [5.41, 5.74) is 0. The van der Waals surface area contributed by atoms with E-state index in [2.05, 4.69) is 21.2 Å². The minimum atomic E-state index is -3.39. The number of nitrogens with zero attached hydrogens (tertiary/aromatic N) is 1. The van der Waals surface area contributed by atoms with Gasteiger partial charge in [-0.3, -0.25) is 0 Å². The average Bonchev–Trinajstić information content (AvgIpc) is 2.76. The third-order valence-corrected chi connectivity index (χ3v) is 7.35. The molecule has 0 amide bonds. The first-order chi connectivity index (χ1) is 9.46. The minimum Gasteiger partial charge on any atom is -0.317 e. The van der Waals surface area contributed by atoms with Crippen molar-refractivity contribution in [1.29, 1.82) is 0 Å². The fraction of sp³-hybridized carbons (Fsp3) is 0.692. The fourth-order valence-corrected chi connectivity index (χ4v) is 6.79. The molecule has 0 unspecified atom stereocenters. The Balaban J connectivity index is 2.33. The van der Waals surface area contributed by atoms with Gasteiger partial charge in [-0.1, -0.05) is 6.92 Å². The molecule has 2 rings (SSSR count). The van der Waals surface area contributed by atoms with E-state index in [1.807, 2.05) is 13.8 Å². The number of sulfonamides is 1. The minimum absolute atomic E-state index is 0.124. The normalized spacial score (nSPS) is 17.8. The Morgan fingerprint density at radius 3 is 2.60 bits per heavy atom. The van der Waals surface area contributed by atoms with Gasteiger partial charge in [0.2, 0.25) is 10.0 Å². The predicted octanol–water partition coefficient (Wildman–Crippen LogP) is 2.97. The Morgan fingerprint density at radius 1 is 1.45 bits per heavy atom. The molecule has 1 aliphatic rings. The van der Waals surface area contributed by atoms with E-state index in [4.69, 9.17) is 0 Å². The first kappa shape index (κ1) is 16.4. The Bertz CT molecular complexity index is 551. The summed E-state index contributed by atoms with van der Waals surface area (Å²) in [6, 6.07) is 1.86. The van der Waals surface area contributed by atoms with E-state index in [-0.39, 0.29) is 6.04 Å². The van der Waals surface area contributed by atoms with E-state index in [1.165, 1.54) is 11.3 Å². The van der Waals surface area contributed by atoms with Crippen molar-refractivity contribution in [2.45, 2.75) is 44.0 Å². The molecule has 0 aliphatic carbocycles. The molecule has 1 fully saturated rings. The molecule has 1 saturated heterocycles.